The Morgan fingerprint density at radius 1 is 1.30 bits per heavy atom. The normalized spacial score (nSPS) is 22.3. The first kappa shape index (κ1) is 17.5. The van der Waals surface area contributed by atoms with Gasteiger partial charge in [-0.25, -0.2) is 0 Å². The van der Waals surface area contributed by atoms with Crippen molar-refractivity contribution in [3.05, 3.63) is 35.9 Å². The van der Waals surface area contributed by atoms with E-state index >= 15 is 0 Å². The van der Waals surface area contributed by atoms with Gasteiger partial charge in [-0.05, 0) is 24.3 Å². The van der Waals surface area contributed by atoms with Gasteiger partial charge in [0.25, 0.3) is 0 Å². The fourth-order valence-electron chi connectivity index (χ4n) is 3.03. The molecule has 0 aliphatic heterocycles. The molecular weight excluding hydrogens is 292 g/mol. The van der Waals surface area contributed by atoms with E-state index in [-0.39, 0.29) is 18.6 Å². The Hall–Kier alpha value is -1.88. The number of hydrogen-bond donors (Lipinski definition) is 2. The molecule has 0 radical (unpaired) electrons. The van der Waals surface area contributed by atoms with Crippen molar-refractivity contribution in [1.82, 2.24) is 5.32 Å². The topological polar surface area (TPSA) is 81.4 Å². The van der Waals surface area contributed by atoms with E-state index in [1.807, 2.05) is 30.3 Å². The molecule has 5 heteroatoms. The van der Waals surface area contributed by atoms with Crippen LogP contribution in [0.25, 0.3) is 0 Å². The zero-order valence-corrected chi connectivity index (χ0v) is 13.7. The van der Waals surface area contributed by atoms with Crippen molar-refractivity contribution in [2.24, 2.45) is 11.7 Å². The van der Waals surface area contributed by atoms with E-state index in [2.05, 4.69) is 12.2 Å². The second kappa shape index (κ2) is 8.67. The summed E-state index contributed by atoms with van der Waals surface area (Å²) in [6, 6.07) is 8.79. The highest BCUT2D eigenvalue weighted by Gasteiger charge is 2.22. The first-order chi connectivity index (χ1) is 11.0. The summed E-state index contributed by atoms with van der Waals surface area (Å²) in [6.45, 7) is 2.19. The molecule has 0 aromatic heterocycles. The van der Waals surface area contributed by atoms with Gasteiger partial charge in [-0.15, -0.1) is 0 Å². The van der Waals surface area contributed by atoms with Crippen LogP contribution in [0.2, 0.25) is 0 Å². The highest BCUT2D eigenvalue weighted by Crippen LogP contribution is 2.25. The van der Waals surface area contributed by atoms with Crippen LogP contribution in [0.15, 0.2) is 30.3 Å². The second-order valence-corrected chi connectivity index (χ2v) is 6.42. The number of carbonyl (C=O) groups excluding carboxylic acids is 2. The van der Waals surface area contributed by atoms with Gasteiger partial charge in [0.05, 0.1) is 6.10 Å². The first-order valence-electron chi connectivity index (χ1n) is 8.29. The minimum absolute atomic E-state index is 0.0179. The van der Waals surface area contributed by atoms with Crippen molar-refractivity contribution in [1.29, 1.82) is 0 Å². The Labute approximate surface area is 137 Å². The van der Waals surface area contributed by atoms with Crippen LogP contribution in [0.3, 0.4) is 0 Å². The maximum atomic E-state index is 12.0. The summed E-state index contributed by atoms with van der Waals surface area (Å²) in [5.74, 6) is -0.176. The van der Waals surface area contributed by atoms with Crippen LogP contribution in [0.1, 0.15) is 38.2 Å². The van der Waals surface area contributed by atoms with E-state index in [4.69, 9.17) is 10.5 Å². The summed E-state index contributed by atoms with van der Waals surface area (Å²) in [5, 5.41) is 2.68. The van der Waals surface area contributed by atoms with Gasteiger partial charge >= 0.3 is 0 Å². The molecule has 2 rings (SSSR count). The Bertz CT molecular complexity index is 518. The molecule has 0 saturated heterocycles. The summed E-state index contributed by atoms with van der Waals surface area (Å²) < 4.78 is 5.68. The maximum absolute atomic E-state index is 12.0. The van der Waals surface area contributed by atoms with Crippen LogP contribution >= 0.6 is 0 Å². The monoisotopic (exact) mass is 318 g/mol. The predicted molar refractivity (Wildman–Crippen MR) is 88.6 cm³/mol. The van der Waals surface area contributed by atoms with Gasteiger partial charge in [-0.3, -0.25) is 9.59 Å². The van der Waals surface area contributed by atoms with E-state index in [1.54, 1.807) is 0 Å². The first-order valence-corrected chi connectivity index (χ1v) is 8.29. The summed E-state index contributed by atoms with van der Waals surface area (Å²) in [5.41, 5.74) is 6.35. The number of nitrogens with two attached hydrogens (primary N) is 1. The molecule has 1 aromatic carbocycles. The van der Waals surface area contributed by atoms with Crippen LogP contribution in [0.4, 0.5) is 0 Å². The Morgan fingerprint density at radius 3 is 2.70 bits per heavy atom. The third-order valence-electron chi connectivity index (χ3n) is 4.30. The lowest BCUT2D eigenvalue weighted by atomic mass is 9.89. The van der Waals surface area contributed by atoms with Crippen molar-refractivity contribution < 1.29 is 14.3 Å². The SMILES string of the molecule is C[C@@H]1CCC[C@H](OCC(=O)N[C@@H](Cc2ccccc2)C(N)=O)C1. The molecule has 23 heavy (non-hydrogen) atoms. The van der Waals surface area contributed by atoms with E-state index in [0.717, 1.165) is 24.8 Å². The predicted octanol–water partition coefficient (Wildman–Crippen LogP) is 1.79. The third kappa shape index (κ3) is 6.02. The van der Waals surface area contributed by atoms with Crippen LogP contribution in [0, 0.1) is 5.92 Å². The molecule has 1 saturated carbocycles. The summed E-state index contributed by atoms with van der Waals surface area (Å²) in [7, 11) is 0. The zero-order valence-electron chi connectivity index (χ0n) is 13.7. The van der Waals surface area contributed by atoms with Gasteiger partial charge in [0, 0.05) is 6.42 Å². The van der Waals surface area contributed by atoms with Gasteiger partial charge < -0.3 is 15.8 Å². The van der Waals surface area contributed by atoms with Crippen LogP contribution in [-0.2, 0) is 20.7 Å². The molecule has 2 amide bonds. The molecule has 1 fully saturated rings. The lowest BCUT2D eigenvalue weighted by Crippen LogP contribution is -2.47. The molecule has 3 N–H and O–H groups in total. The van der Waals surface area contributed by atoms with Gasteiger partial charge in [0.15, 0.2) is 0 Å². The molecule has 1 aliphatic carbocycles. The largest absolute Gasteiger partial charge is 0.368 e. The number of benzene rings is 1. The van der Waals surface area contributed by atoms with E-state index < -0.39 is 11.9 Å². The van der Waals surface area contributed by atoms with Crippen LogP contribution < -0.4 is 11.1 Å². The number of carbonyl (C=O) groups is 2. The number of primary amides is 1. The van der Waals surface area contributed by atoms with Crippen molar-refractivity contribution >= 4 is 11.8 Å². The molecule has 1 aliphatic rings. The molecule has 1 aromatic rings. The minimum Gasteiger partial charge on any atom is -0.368 e. The fraction of sp³-hybridized carbons (Fsp3) is 0.556. The average molecular weight is 318 g/mol. The molecule has 126 valence electrons. The van der Waals surface area contributed by atoms with Crippen LogP contribution in [-0.4, -0.2) is 30.6 Å². The van der Waals surface area contributed by atoms with Crippen molar-refractivity contribution in [3.8, 4) is 0 Å². The molecule has 0 heterocycles. The average Bonchev–Trinajstić information content (AvgIpc) is 2.53. The second-order valence-electron chi connectivity index (χ2n) is 6.42. The maximum Gasteiger partial charge on any atom is 0.246 e. The van der Waals surface area contributed by atoms with Crippen molar-refractivity contribution in [2.45, 2.75) is 51.2 Å². The van der Waals surface area contributed by atoms with Crippen molar-refractivity contribution in [3.63, 3.8) is 0 Å². The van der Waals surface area contributed by atoms with Crippen molar-refractivity contribution in [2.75, 3.05) is 6.61 Å². The highest BCUT2D eigenvalue weighted by molar-refractivity contribution is 5.87. The van der Waals surface area contributed by atoms with Gasteiger partial charge in [0.2, 0.25) is 11.8 Å². The molecule has 3 atom stereocenters. The van der Waals surface area contributed by atoms with Gasteiger partial charge in [0.1, 0.15) is 12.6 Å². The molecular formula is C18H26N2O3. The quantitative estimate of drug-likeness (QED) is 0.804. The number of amides is 2. The molecule has 0 unspecified atom stereocenters. The minimum atomic E-state index is -0.709. The number of hydrogen-bond acceptors (Lipinski definition) is 3. The lowest BCUT2D eigenvalue weighted by Gasteiger charge is -2.26. The summed E-state index contributed by atoms with van der Waals surface area (Å²) in [6.07, 6.45) is 4.91. The number of ether oxygens (including phenoxy) is 1. The third-order valence-corrected chi connectivity index (χ3v) is 4.30. The van der Waals surface area contributed by atoms with Crippen LogP contribution in [0.5, 0.6) is 0 Å². The van der Waals surface area contributed by atoms with E-state index in [1.165, 1.54) is 6.42 Å². The molecule has 0 bridgehead atoms. The van der Waals surface area contributed by atoms with E-state index in [0.29, 0.717) is 12.3 Å². The molecule has 0 spiro atoms. The Kier molecular flexibility index (Phi) is 6.59. The summed E-state index contributed by atoms with van der Waals surface area (Å²) >= 11 is 0. The number of rotatable bonds is 7. The lowest BCUT2D eigenvalue weighted by molar-refractivity contribution is -0.132. The van der Waals surface area contributed by atoms with Gasteiger partial charge in [-0.1, -0.05) is 50.1 Å². The Balaban J connectivity index is 1.80. The number of nitrogens with one attached hydrogen (secondary N) is 1. The summed E-state index contributed by atoms with van der Waals surface area (Å²) in [4.78, 5) is 23.6. The zero-order chi connectivity index (χ0) is 16.7. The Morgan fingerprint density at radius 2 is 2.04 bits per heavy atom. The van der Waals surface area contributed by atoms with E-state index in [9.17, 15) is 9.59 Å². The fourth-order valence-corrected chi connectivity index (χ4v) is 3.03. The highest BCUT2D eigenvalue weighted by atomic mass is 16.5. The molecule has 5 nitrogen and oxygen atoms in total. The van der Waals surface area contributed by atoms with Gasteiger partial charge in [-0.2, -0.15) is 0 Å². The standard InChI is InChI=1S/C18H26N2O3/c1-13-6-5-9-15(10-13)23-12-17(21)20-16(18(19)22)11-14-7-3-2-4-8-14/h2-4,7-8,13,15-16H,5-6,9-12H2,1H3,(H2,19,22)(H,20,21)/t13-,15+,16+/m1/s1. The smallest absolute Gasteiger partial charge is 0.246 e.